The number of ether oxygens (including phenoxy) is 3. The van der Waals surface area contributed by atoms with Crippen molar-refractivity contribution in [3.8, 4) is 0 Å². The maximum absolute atomic E-state index is 13.0. The average molecular weight is 372 g/mol. The summed E-state index contributed by atoms with van der Waals surface area (Å²) < 4.78 is 17.2. The Kier molecular flexibility index (Phi) is 5.48. The summed E-state index contributed by atoms with van der Waals surface area (Å²) in [5.74, 6) is 0.103. The summed E-state index contributed by atoms with van der Waals surface area (Å²) in [6, 6.07) is 7.94. The summed E-state index contributed by atoms with van der Waals surface area (Å²) in [6.07, 6.45) is 5.63. The molecule has 1 aromatic heterocycles. The number of aromatic amines is 1. The fourth-order valence-electron chi connectivity index (χ4n) is 4.31. The van der Waals surface area contributed by atoms with Gasteiger partial charge >= 0.3 is 0 Å². The first-order valence-electron chi connectivity index (χ1n) is 9.81. The highest BCUT2D eigenvalue weighted by Gasteiger charge is 2.41. The van der Waals surface area contributed by atoms with Crippen molar-refractivity contribution in [3.63, 3.8) is 0 Å². The van der Waals surface area contributed by atoms with E-state index in [2.05, 4.69) is 4.98 Å². The number of likely N-dealkylation sites (tertiary alicyclic amines) is 1. The Labute approximate surface area is 159 Å². The van der Waals surface area contributed by atoms with Gasteiger partial charge in [0.05, 0.1) is 30.5 Å². The van der Waals surface area contributed by atoms with Crippen molar-refractivity contribution in [1.29, 1.82) is 0 Å². The molecule has 4 rings (SSSR count). The first-order chi connectivity index (χ1) is 13.2. The molecule has 0 aliphatic carbocycles. The van der Waals surface area contributed by atoms with Gasteiger partial charge in [0.2, 0.25) is 0 Å². The first kappa shape index (κ1) is 18.5. The fourth-order valence-corrected chi connectivity index (χ4v) is 4.31. The Balaban J connectivity index is 1.37. The lowest BCUT2D eigenvalue weighted by Gasteiger charge is -2.46. The van der Waals surface area contributed by atoms with E-state index < -0.39 is 0 Å². The number of rotatable bonds is 5. The zero-order valence-electron chi connectivity index (χ0n) is 15.9. The number of carbonyl (C=O) groups excluding carboxylic acids is 1. The van der Waals surface area contributed by atoms with Crippen LogP contribution in [0.3, 0.4) is 0 Å². The summed E-state index contributed by atoms with van der Waals surface area (Å²) in [7, 11) is 1.69. The van der Waals surface area contributed by atoms with Crippen LogP contribution in [-0.2, 0) is 14.2 Å². The van der Waals surface area contributed by atoms with Gasteiger partial charge in [0.1, 0.15) is 0 Å². The first-order valence-corrected chi connectivity index (χ1v) is 9.81. The smallest absolute Gasteiger partial charge is 0.256 e. The van der Waals surface area contributed by atoms with Gasteiger partial charge in [-0.3, -0.25) is 4.79 Å². The zero-order chi connectivity index (χ0) is 18.7. The molecule has 1 aromatic carbocycles. The van der Waals surface area contributed by atoms with Crippen molar-refractivity contribution in [3.05, 3.63) is 36.0 Å². The summed E-state index contributed by atoms with van der Waals surface area (Å²) in [5.41, 5.74) is 1.61. The van der Waals surface area contributed by atoms with Gasteiger partial charge in [0.25, 0.3) is 5.91 Å². The van der Waals surface area contributed by atoms with Crippen molar-refractivity contribution in [2.45, 2.75) is 37.4 Å². The maximum Gasteiger partial charge on any atom is 0.256 e. The minimum atomic E-state index is -0.146. The van der Waals surface area contributed by atoms with Crippen LogP contribution in [0.15, 0.2) is 30.5 Å². The number of para-hydroxylation sites is 1. The predicted molar refractivity (Wildman–Crippen MR) is 103 cm³/mol. The standard InChI is InChI=1S/C21H28N2O4/c1-25-12-13-26-16-6-11-27-21(14-16)7-9-23(10-8-21)20(24)18-15-22-19-5-3-2-4-17(18)19/h2-5,15-16,22H,6-14H2,1H3. The molecular weight excluding hydrogens is 344 g/mol. The van der Waals surface area contributed by atoms with E-state index in [1.54, 1.807) is 7.11 Å². The topological polar surface area (TPSA) is 63.8 Å². The molecule has 0 bridgehead atoms. The molecule has 2 fully saturated rings. The third-order valence-corrected chi connectivity index (χ3v) is 5.87. The monoisotopic (exact) mass is 372 g/mol. The van der Waals surface area contributed by atoms with Crippen LogP contribution in [0.2, 0.25) is 0 Å². The van der Waals surface area contributed by atoms with Crippen molar-refractivity contribution in [2.24, 2.45) is 0 Å². The molecule has 1 atom stereocenters. The molecular formula is C21H28N2O4. The van der Waals surface area contributed by atoms with E-state index in [9.17, 15) is 4.79 Å². The SMILES string of the molecule is COCCOC1CCOC2(CCN(C(=O)c3c[nH]c4ccccc34)CC2)C1. The van der Waals surface area contributed by atoms with Gasteiger partial charge in [0, 0.05) is 50.3 Å². The number of aromatic nitrogens is 1. The second-order valence-corrected chi connectivity index (χ2v) is 7.55. The van der Waals surface area contributed by atoms with Crippen LogP contribution in [0, 0.1) is 0 Å². The molecule has 1 spiro atoms. The van der Waals surface area contributed by atoms with Gasteiger partial charge in [-0.15, -0.1) is 0 Å². The highest BCUT2D eigenvalue weighted by Crippen LogP contribution is 2.36. The molecule has 1 unspecified atom stereocenters. The summed E-state index contributed by atoms with van der Waals surface area (Å²) in [6.45, 7) is 3.43. The van der Waals surface area contributed by atoms with Gasteiger partial charge in [-0.1, -0.05) is 18.2 Å². The van der Waals surface area contributed by atoms with Crippen LogP contribution in [0.25, 0.3) is 10.9 Å². The second-order valence-electron chi connectivity index (χ2n) is 7.55. The number of methoxy groups -OCH3 is 1. The Morgan fingerprint density at radius 1 is 1.30 bits per heavy atom. The number of benzene rings is 1. The highest BCUT2D eigenvalue weighted by atomic mass is 16.5. The number of nitrogens with one attached hydrogen (secondary N) is 1. The molecule has 6 nitrogen and oxygen atoms in total. The largest absolute Gasteiger partial charge is 0.382 e. The second kappa shape index (κ2) is 8.00. The summed E-state index contributed by atoms with van der Waals surface area (Å²) in [5, 5.41) is 0.989. The van der Waals surface area contributed by atoms with Gasteiger partial charge in [-0.2, -0.15) is 0 Å². The molecule has 1 N–H and O–H groups in total. The van der Waals surface area contributed by atoms with E-state index in [1.165, 1.54) is 0 Å². The predicted octanol–water partition coefficient (Wildman–Crippen LogP) is 2.98. The lowest BCUT2D eigenvalue weighted by Crippen LogP contribution is -2.52. The van der Waals surface area contributed by atoms with Gasteiger partial charge < -0.3 is 24.1 Å². The number of nitrogens with zero attached hydrogens (tertiary/aromatic N) is 1. The van der Waals surface area contributed by atoms with E-state index in [1.807, 2.05) is 35.4 Å². The van der Waals surface area contributed by atoms with E-state index in [-0.39, 0.29) is 17.6 Å². The van der Waals surface area contributed by atoms with Gasteiger partial charge in [-0.05, 0) is 25.3 Å². The van der Waals surface area contributed by atoms with Crippen LogP contribution in [0.1, 0.15) is 36.0 Å². The molecule has 2 aliphatic rings. The molecule has 0 radical (unpaired) electrons. The minimum Gasteiger partial charge on any atom is -0.382 e. The van der Waals surface area contributed by atoms with E-state index in [4.69, 9.17) is 14.2 Å². The number of hydrogen-bond acceptors (Lipinski definition) is 4. The van der Waals surface area contributed by atoms with Crippen molar-refractivity contribution in [2.75, 3.05) is 40.0 Å². The van der Waals surface area contributed by atoms with Crippen LogP contribution < -0.4 is 0 Å². The summed E-state index contributed by atoms with van der Waals surface area (Å²) >= 11 is 0. The Bertz CT molecular complexity index is 779. The van der Waals surface area contributed by atoms with Crippen LogP contribution >= 0.6 is 0 Å². The maximum atomic E-state index is 13.0. The molecule has 6 heteroatoms. The third kappa shape index (κ3) is 3.88. The third-order valence-electron chi connectivity index (χ3n) is 5.87. The Morgan fingerprint density at radius 3 is 2.93 bits per heavy atom. The zero-order valence-corrected chi connectivity index (χ0v) is 15.9. The summed E-state index contributed by atoms with van der Waals surface area (Å²) in [4.78, 5) is 18.2. The highest BCUT2D eigenvalue weighted by molar-refractivity contribution is 6.06. The van der Waals surface area contributed by atoms with E-state index >= 15 is 0 Å². The van der Waals surface area contributed by atoms with Crippen molar-refractivity contribution < 1.29 is 19.0 Å². The number of piperidine rings is 1. The molecule has 1 amide bonds. The molecule has 2 saturated heterocycles. The van der Waals surface area contributed by atoms with E-state index in [0.717, 1.165) is 61.8 Å². The number of carbonyl (C=O) groups is 1. The molecule has 146 valence electrons. The lowest BCUT2D eigenvalue weighted by molar-refractivity contribution is -0.154. The minimum absolute atomic E-state index is 0.103. The number of H-pyrrole nitrogens is 1. The van der Waals surface area contributed by atoms with Gasteiger partial charge in [0.15, 0.2) is 0 Å². The molecule has 3 heterocycles. The molecule has 2 aliphatic heterocycles. The Hall–Kier alpha value is -1.89. The Morgan fingerprint density at radius 2 is 2.11 bits per heavy atom. The average Bonchev–Trinajstić information content (AvgIpc) is 3.13. The molecule has 2 aromatic rings. The van der Waals surface area contributed by atoms with Crippen molar-refractivity contribution in [1.82, 2.24) is 9.88 Å². The van der Waals surface area contributed by atoms with Crippen LogP contribution in [0.5, 0.6) is 0 Å². The molecule has 27 heavy (non-hydrogen) atoms. The van der Waals surface area contributed by atoms with Crippen LogP contribution in [0.4, 0.5) is 0 Å². The number of hydrogen-bond donors (Lipinski definition) is 1. The van der Waals surface area contributed by atoms with Crippen molar-refractivity contribution >= 4 is 16.8 Å². The van der Waals surface area contributed by atoms with Crippen LogP contribution in [-0.4, -0.2) is 67.5 Å². The quantitative estimate of drug-likeness (QED) is 0.820. The lowest BCUT2D eigenvalue weighted by atomic mass is 9.83. The fraction of sp³-hybridized carbons (Fsp3) is 0.571. The van der Waals surface area contributed by atoms with Gasteiger partial charge in [-0.25, -0.2) is 0 Å². The van der Waals surface area contributed by atoms with E-state index in [0.29, 0.717) is 13.2 Å². The number of fused-ring (bicyclic) bond motifs is 1. The normalized spacial score (nSPS) is 22.4. The number of amides is 1. The molecule has 0 saturated carbocycles.